The molecule has 14 heavy (non-hydrogen) atoms. The van der Waals surface area contributed by atoms with E-state index in [1.807, 2.05) is 0 Å². The Morgan fingerprint density at radius 2 is 2.14 bits per heavy atom. The Kier molecular flexibility index (Phi) is 2.23. The lowest BCUT2D eigenvalue weighted by Crippen LogP contribution is -2.11. The summed E-state index contributed by atoms with van der Waals surface area (Å²) in [7, 11) is 1.43. The first-order valence-electron chi connectivity index (χ1n) is 4.62. The summed E-state index contributed by atoms with van der Waals surface area (Å²) in [4.78, 5) is 11.4. The van der Waals surface area contributed by atoms with Crippen LogP contribution in [0.3, 0.4) is 0 Å². The molecular weight excluding hydrogens is 183 g/mol. The van der Waals surface area contributed by atoms with Crippen molar-refractivity contribution in [3.63, 3.8) is 0 Å². The summed E-state index contributed by atoms with van der Waals surface area (Å²) < 4.78 is 18.1. The molecule has 0 amide bonds. The van der Waals surface area contributed by atoms with Crippen LogP contribution < -0.4 is 4.74 Å². The van der Waals surface area contributed by atoms with Gasteiger partial charge in [0.2, 0.25) is 0 Å². The summed E-state index contributed by atoms with van der Waals surface area (Å²) in [5.74, 6) is -0.201. The molecule has 0 aliphatic heterocycles. The Balaban J connectivity index is 2.54. The topological polar surface area (TPSA) is 26.3 Å². The van der Waals surface area contributed by atoms with E-state index in [1.54, 1.807) is 6.07 Å². The number of Topliss-reactive ketones (excluding diaryl/α,β-unsaturated/α-hetero) is 1. The predicted molar refractivity (Wildman–Crippen MR) is 50.2 cm³/mol. The maximum absolute atomic E-state index is 13.3. The van der Waals surface area contributed by atoms with Gasteiger partial charge in [0, 0.05) is 12.0 Å². The molecule has 1 aliphatic carbocycles. The van der Waals surface area contributed by atoms with Crippen LogP contribution >= 0.6 is 0 Å². The molecule has 0 aromatic heterocycles. The fraction of sp³-hybridized carbons (Fsp3) is 0.364. The third-order valence-corrected chi connectivity index (χ3v) is 2.53. The van der Waals surface area contributed by atoms with Crippen molar-refractivity contribution in [2.45, 2.75) is 19.3 Å². The highest BCUT2D eigenvalue weighted by Gasteiger charge is 2.19. The molecule has 3 heteroatoms. The number of aryl methyl sites for hydroxylation is 1. The number of hydrogen-bond acceptors (Lipinski definition) is 2. The third kappa shape index (κ3) is 1.39. The second-order valence-electron chi connectivity index (χ2n) is 3.42. The van der Waals surface area contributed by atoms with Gasteiger partial charge in [-0.25, -0.2) is 4.39 Å². The minimum Gasteiger partial charge on any atom is -0.494 e. The number of benzene rings is 1. The molecule has 0 spiro atoms. The Hall–Kier alpha value is -1.38. The van der Waals surface area contributed by atoms with Crippen molar-refractivity contribution >= 4 is 5.78 Å². The monoisotopic (exact) mass is 194 g/mol. The first-order valence-corrected chi connectivity index (χ1v) is 4.62. The van der Waals surface area contributed by atoms with Crippen LogP contribution in [0.15, 0.2) is 12.1 Å². The number of fused-ring (bicyclic) bond motifs is 1. The summed E-state index contributed by atoms with van der Waals surface area (Å²) in [6.07, 6.45) is 2.21. The number of carbonyl (C=O) groups is 1. The summed E-state index contributed by atoms with van der Waals surface area (Å²) in [6, 6.07) is 2.91. The Morgan fingerprint density at radius 1 is 1.36 bits per heavy atom. The van der Waals surface area contributed by atoms with Gasteiger partial charge in [-0.15, -0.1) is 0 Å². The summed E-state index contributed by atoms with van der Waals surface area (Å²) in [5, 5.41) is 0. The van der Waals surface area contributed by atoms with Crippen LogP contribution in [-0.4, -0.2) is 12.9 Å². The standard InChI is InChI=1S/C11H11FO2/c1-14-11-5-7-3-2-4-10(13)8(7)6-9(11)12/h5-6H,2-4H2,1H3. The zero-order valence-corrected chi connectivity index (χ0v) is 7.97. The molecule has 0 bridgehead atoms. The molecule has 0 heterocycles. The summed E-state index contributed by atoms with van der Waals surface area (Å²) in [5.41, 5.74) is 1.43. The molecule has 0 fully saturated rings. The molecule has 0 radical (unpaired) electrons. The van der Waals surface area contributed by atoms with Crippen molar-refractivity contribution in [2.24, 2.45) is 0 Å². The van der Waals surface area contributed by atoms with Gasteiger partial charge in [0.05, 0.1) is 7.11 Å². The number of halogens is 1. The maximum atomic E-state index is 13.3. The molecule has 0 atom stereocenters. The Morgan fingerprint density at radius 3 is 2.86 bits per heavy atom. The minimum absolute atomic E-state index is 0.0350. The molecule has 0 saturated heterocycles. The smallest absolute Gasteiger partial charge is 0.165 e. The number of hydrogen-bond donors (Lipinski definition) is 0. The van der Waals surface area contributed by atoms with Crippen LogP contribution in [-0.2, 0) is 6.42 Å². The highest BCUT2D eigenvalue weighted by molar-refractivity contribution is 5.98. The van der Waals surface area contributed by atoms with Crippen molar-refractivity contribution in [3.8, 4) is 5.75 Å². The Bertz CT molecular complexity index is 385. The molecule has 0 saturated carbocycles. The SMILES string of the molecule is COc1cc2c(cc1F)C(=O)CCC2. The molecule has 1 aliphatic rings. The second-order valence-corrected chi connectivity index (χ2v) is 3.42. The van der Waals surface area contributed by atoms with Crippen molar-refractivity contribution in [1.29, 1.82) is 0 Å². The average Bonchev–Trinajstić information content (AvgIpc) is 2.19. The lowest BCUT2D eigenvalue weighted by atomic mass is 9.90. The van der Waals surface area contributed by atoms with Gasteiger partial charge in [0.15, 0.2) is 17.3 Å². The van der Waals surface area contributed by atoms with Gasteiger partial charge < -0.3 is 4.74 Å². The molecule has 1 aromatic rings. The lowest BCUT2D eigenvalue weighted by molar-refractivity contribution is 0.0972. The van der Waals surface area contributed by atoms with Gasteiger partial charge >= 0.3 is 0 Å². The van der Waals surface area contributed by atoms with Crippen LogP contribution in [0.2, 0.25) is 0 Å². The van der Waals surface area contributed by atoms with E-state index in [0.29, 0.717) is 12.0 Å². The van der Waals surface area contributed by atoms with Crippen LogP contribution in [0.25, 0.3) is 0 Å². The molecule has 2 rings (SSSR count). The van der Waals surface area contributed by atoms with Gasteiger partial charge in [-0.3, -0.25) is 4.79 Å². The van der Waals surface area contributed by atoms with Crippen LogP contribution in [0.1, 0.15) is 28.8 Å². The van der Waals surface area contributed by atoms with E-state index in [-0.39, 0.29) is 11.5 Å². The third-order valence-electron chi connectivity index (χ3n) is 2.53. The fourth-order valence-corrected chi connectivity index (χ4v) is 1.79. The van der Waals surface area contributed by atoms with Gasteiger partial charge in [-0.05, 0) is 30.5 Å². The van der Waals surface area contributed by atoms with E-state index in [0.717, 1.165) is 18.4 Å². The highest BCUT2D eigenvalue weighted by Crippen LogP contribution is 2.27. The zero-order valence-electron chi connectivity index (χ0n) is 7.97. The molecule has 0 unspecified atom stereocenters. The molecule has 74 valence electrons. The largest absolute Gasteiger partial charge is 0.494 e. The van der Waals surface area contributed by atoms with Crippen LogP contribution in [0.5, 0.6) is 5.75 Å². The van der Waals surface area contributed by atoms with Gasteiger partial charge in [-0.2, -0.15) is 0 Å². The van der Waals surface area contributed by atoms with E-state index in [1.165, 1.54) is 13.2 Å². The number of carbonyl (C=O) groups excluding carboxylic acids is 1. The van der Waals surface area contributed by atoms with Gasteiger partial charge in [0.25, 0.3) is 0 Å². The van der Waals surface area contributed by atoms with E-state index in [2.05, 4.69) is 0 Å². The van der Waals surface area contributed by atoms with E-state index >= 15 is 0 Å². The van der Waals surface area contributed by atoms with Crippen LogP contribution in [0, 0.1) is 5.82 Å². The quantitative estimate of drug-likeness (QED) is 0.686. The van der Waals surface area contributed by atoms with Gasteiger partial charge in [0.1, 0.15) is 0 Å². The van der Waals surface area contributed by atoms with Gasteiger partial charge in [-0.1, -0.05) is 0 Å². The number of ether oxygens (including phenoxy) is 1. The van der Waals surface area contributed by atoms with E-state index < -0.39 is 5.82 Å². The Labute approximate surface area is 81.7 Å². The van der Waals surface area contributed by atoms with Crippen molar-refractivity contribution in [2.75, 3.05) is 7.11 Å². The molecule has 0 N–H and O–H groups in total. The van der Waals surface area contributed by atoms with Crippen molar-refractivity contribution in [1.82, 2.24) is 0 Å². The molecule has 2 nitrogen and oxygen atoms in total. The molecule has 1 aromatic carbocycles. The van der Waals surface area contributed by atoms with Crippen LogP contribution in [0.4, 0.5) is 4.39 Å². The lowest BCUT2D eigenvalue weighted by Gasteiger charge is -2.15. The number of ketones is 1. The van der Waals surface area contributed by atoms with Crippen molar-refractivity contribution in [3.05, 3.63) is 29.1 Å². The number of rotatable bonds is 1. The highest BCUT2D eigenvalue weighted by atomic mass is 19.1. The summed E-state index contributed by atoms with van der Waals surface area (Å²) >= 11 is 0. The predicted octanol–water partition coefficient (Wildman–Crippen LogP) is 2.35. The zero-order chi connectivity index (χ0) is 10.1. The normalized spacial score (nSPS) is 15.1. The first-order chi connectivity index (χ1) is 6.72. The second kappa shape index (κ2) is 3.40. The van der Waals surface area contributed by atoms with E-state index in [9.17, 15) is 9.18 Å². The average molecular weight is 194 g/mol. The fourth-order valence-electron chi connectivity index (χ4n) is 1.79. The molecular formula is C11H11FO2. The minimum atomic E-state index is -0.457. The summed E-state index contributed by atoms with van der Waals surface area (Å²) in [6.45, 7) is 0. The van der Waals surface area contributed by atoms with Crippen molar-refractivity contribution < 1.29 is 13.9 Å². The first kappa shape index (κ1) is 9.19. The van der Waals surface area contributed by atoms with E-state index in [4.69, 9.17) is 4.74 Å². The number of methoxy groups -OCH3 is 1. The maximum Gasteiger partial charge on any atom is 0.165 e.